The molecule has 106 valence electrons. The summed E-state index contributed by atoms with van der Waals surface area (Å²) in [5.41, 5.74) is 0.872. The maximum Gasteiger partial charge on any atom is 0.159 e. The Balaban J connectivity index is 2.08. The van der Waals surface area contributed by atoms with Gasteiger partial charge in [-0.15, -0.1) is 11.8 Å². The van der Waals surface area contributed by atoms with Gasteiger partial charge in [-0.25, -0.2) is 18.7 Å². The number of nitrogens with one attached hydrogen (secondary N) is 1. The summed E-state index contributed by atoms with van der Waals surface area (Å²) in [6.07, 6.45) is 0. The summed E-state index contributed by atoms with van der Waals surface area (Å²) in [5, 5.41) is 3.13. The molecule has 0 saturated heterocycles. The van der Waals surface area contributed by atoms with Crippen molar-refractivity contribution < 1.29 is 8.78 Å². The first kappa shape index (κ1) is 14.7. The van der Waals surface area contributed by atoms with Crippen molar-refractivity contribution in [3.8, 4) is 0 Å². The van der Waals surface area contributed by atoms with Crippen LogP contribution in [0, 0.1) is 18.6 Å². The van der Waals surface area contributed by atoms with E-state index < -0.39 is 11.6 Å². The van der Waals surface area contributed by atoms with Crippen molar-refractivity contribution in [3.63, 3.8) is 0 Å². The minimum atomic E-state index is -0.839. The Morgan fingerprint density at radius 1 is 1.15 bits per heavy atom. The summed E-state index contributed by atoms with van der Waals surface area (Å²) >= 11 is 1.37. The van der Waals surface area contributed by atoms with Gasteiger partial charge in [0.05, 0.1) is 5.75 Å². The van der Waals surface area contributed by atoms with Gasteiger partial charge in [-0.1, -0.05) is 0 Å². The molecule has 0 aliphatic rings. The molecule has 0 radical (unpaired) electrons. The van der Waals surface area contributed by atoms with Crippen molar-refractivity contribution in [3.05, 3.63) is 47.4 Å². The second-order valence-electron chi connectivity index (χ2n) is 4.21. The molecule has 0 fully saturated rings. The predicted octanol–water partition coefficient (Wildman–Crippen LogP) is 3.79. The van der Waals surface area contributed by atoms with Crippen LogP contribution >= 0.6 is 11.8 Å². The van der Waals surface area contributed by atoms with E-state index in [1.54, 1.807) is 6.07 Å². The monoisotopic (exact) mass is 295 g/mol. The largest absolute Gasteiger partial charge is 0.370 e. The zero-order valence-electron chi connectivity index (χ0n) is 11.3. The fraction of sp³-hybridized carbons (Fsp3) is 0.286. The minimum absolute atomic E-state index is 0.505. The third-order valence-corrected chi connectivity index (χ3v) is 3.51. The van der Waals surface area contributed by atoms with E-state index in [0.29, 0.717) is 16.5 Å². The quantitative estimate of drug-likeness (QED) is 0.852. The van der Waals surface area contributed by atoms with Gasteiger partial charge in [0, 0.05) is 23.2 Å². The average Bonchev–Trinajstić information content (AvgIpc) is 2.40. The second kappa shape index (κ2) is 6.65. The molecule has 2 aromatic rings. The molecule has 0 saturated carbocycles. The van der Waals surface area contributed by atoms with E-state index in [4.69, 9.17) is 0 Å². The predicted molar refractivity (Wildman–Crippen MR) is 76.9 cm³/mol. The highest BCUT2D eigenvalue weighted by Crippen LogP contribution is 2.23. The highest BCUT2D eigenvalue weighted by atomic mass is 32.2. The van der Waals surface area contributed by atoms with Crippen LogP contribution in [0.1, 0.15) is 18.4 Å². The van der Waals surface area contributed by atoms with E-state index in [0.717, 1.165) is 24.1 Å². The lowest BCUT2D eigenvalue weighted by Crippen LogP contribution is -2.04. The smallest absolute Gasteiger partial charge is 0.159 e. The Hall–Kier alpha value is -1.69. The van der Waals surface area contributed by atoms with Crippen molar-refractivity contribution in [1.82, 2.24) is 9.97 Å². The van der Waals surface area contributed by atoms with Crippen molar-refractivity contribution in [2.75, 3.05) is 11.9 Å². The maximum atomic E-state index is 13.1. The molecule has 0 aliphatic carbocycles. The summed E-state index contributed by atoms with van der Waals surface area (Å²) in [6, 6.07) is 5.72. The molecule has 2 rings (SSSR count). The van der Waals surface area contributed by atoms with Gasteiger partial charge >= 0.3 is 0 Å². The number of rotatable bonds is 5. The fourth-order valence-electron chi connectivity index (χ4n) is 1.68. The van der Waals surface area contributed by atoms with E-state index in [1.165, 1.54) is 17.8 Å². The third kappa shape index (κ3) is 3.90. The van der Waals surface area contributed by atoms with E-state index in [-0.39, 0.29) is 0 Å². The SMILES string of the molecule is CCNc1cc(C)nc(CSc2ccc(F)c(F)c2)n1. The molecule has 0 spiro atoms. The number of halogens is 2. The number of aromatic nitrogens is 2. The molecule has 0 atom stereocenters. The third-order valence-electron chi connectivity index (χ3n) is 2.52. The summed E-state index contributed by atoms with van der Waals surface area (Å²) in [6.45, 7) is 4.67. The van der Waals surface area contributed by atoms with Crippen LogP contribution in [-0.4, -0.2) is 16.5 Å². The molecule has 3 nitrogen and oxygen atoms in total. The Morgan fingerprint density at radius 3 is 2.65 bits per heavy atom. The highest BCUT2D eigenvalue weighted by Gasteiger charge is 2.06. The fourth-order valence-corrected chi connectivity index (χ4v) is 2.46. The van der Waals surface area contributed by atoms with E-state index in [1.807, 2.05) is 19.9 Å². The molecule has 1 heterocycles. The van der Waals surface area contributed by atoms with Crippen LogP contribution in [0.5, 0.6) is 0 Å². The number of thioether (sulfide) groups is 1. The number of aryl methyl sites for hydroxylation is 1. The molecule has 0 amide bonds. The van der Waals surface area contributed by atoms with Crippen molar-refractivity contribution in [2.45, 2.75) is 24.5 Å². The number of hydrogen-bond acceptors (Lipinski definition) is 4. The molecule has 1 aromatic carbocycles. The first-order chi connectivity index (χ1) is 9.58. The Kier molecular flexibility index (Phi) is 4.89. The van der Waals surface area contributed by atoms with Gasteiger partial charge in [-0.2, -0.15) is 0 Å². The summed E-state index contributed by atoms with van der Waals surface area (Å²) in [7, 11) is 0. The average molecular weight is 295 g/mol. The molecule has 0 aliphatic heterocycles. The standard InChI is InChI=1S/C14H15F2N3S/c1-3-17-13-6-9(2)18-14(19-13)8-20-10-4-5-11(15)12(16)7-10/h4-7H,3,8H2,1-2H3,(H,17,18,19). The topological polar surface area (TPSA) is 37.8 Å². The molecular weight excluding hydrogens is 280 g/mol. The van der Waals surface area contributed by atoms with Gasteiger partial charge in [0.2, 0.25) is 0 Å². The van der Waals surface area contributed by atoms with E-state index >= 15 is 0 Å². The van der Waals surface area contributed by atoms with Crippen LogP contribution in [0.3, 0.4) is 0 Å². The zero-order valence-corrected chi connectivity index (χ0v) is 12.1. The zero-order chi connectivity index (χ0) is 14.5. The summed E-state index contributed by atoms with van der Waals surface area (Å²) in [4.78, 5) is 9.35. The Labute approximate surface area is 120 Å². The van der Waals surface area contributed by atoms with Crippen LogP contribution in [0.2, 0.25) is 0 Å². The van der Waals surface area contributed by atoms with Crippen LogP contribution in [0.15, 0.2) is 29.2 Å². The van der Waals surface area contributed by atoms with Gasteiger partial charge < -0.3 is 5.32 Å². The normalized spacial score (nSPS) is 10.6. The van der Waals surface area contributed by atoms with Crippen LogP contribution < -0.4 is 5.32 Å². The maximum absolute atomic E-state index is 13.1. The van der Waals surface area contributed by atoms with Crippen LogP contribution in [0.4, 0.5) is 14.6 Å². The van der Waals surface area contributed by atoms with Gasteiger partial charge in [-0.3, -0.25) is 0 Å². The number of nitrogens with zero attached hydrogens (tertiary/aromatic N) is 2. The van der Waals surface area contributed by atoms with Gasteiger partial charge in [-0.05, 0) is 32.0 Å². The van der Waals surface area contributed by atoms with Gasteiger partial charge in [0.15, 0.2) is 11.6 Å². The molecule has 1 N–H and O–H groups in total. The first-order valence-corrected chi connectivity index (χ1v) is 7.23. The number of hydrogen-bond donors (Lipinski definition) is 1. The number of benzene rings is 1. The van der Waals surface area contributed by atoms with Gasteiger partial charge in [0.1, 0.15) is 11.6 Å². The second-order valence-corrected chi connectivity index (χ2v) is 5.25. The van der Waals surface area contributed by atoms with Crippen LogP contribution in [-0.2, 0) is 5.75 Å². The van der Waals surface area contributed by atoms with Crippen molar-refractivity contribution >= 4 is 17.6 Å². The lowest BCUT2D eigenvalue weighted by atomic mass is 10.3. The summed E-state index contributed by atoms with van der Waals surface area (Å²) < 4.78 is 25.9. The molecule has 20 heavy (non-hydrogen) atoms. The van der Waals surface area contributed by atoms with Crippen molar-refractivity contribution in [1.29, 1.82) is 0 Å². The van der Waals surface area contributed by atoms with Gasteiger partial charge in [0.25, 0.3) is 0 Å². The summed E-state index contributed by atoms with van der Waals surface area (Å²) in [5.74, 6) is 0.270. The Morgan fingerprint density at radius 2 is 1.95 bits per heavy atom. The van der Waals surface area contributed by atoms with E-state index in [2.05, 4.69) is 15.3 Å². The van der Waals surface area contributed by atoms with Crippen molar-refractivity contribution in [2.24, 2.45) is 0 Å². The first-order valence-electron chi connectivity index (χ1n) is 6.24. The minimum Gasteiger partial charge on any atom is -0.370 e. The lowest BCUT2D eigenvalue weighted by Gasteiger charge is -2.07. The molecule has 6 heteroatoms. The molecule has 0 unspecified atom stereocenters. The number of anilines is 1. The molecular formula is C14H15F2N3S. The molecule has 0 bridgehead atoms. The van der Waals surface area contributed by atoms with Crippen LogP contribution in [0.25, 0.3) is 0 Å². The molecule has 1 aromatic heterocycles. The Bertz CT molecular complexity index is 605. The lowest BCUT2D eigenvalue weighted by molar-refractivity contribution is 0.506. The van der Waals surface area contributed by atoms with E-state index in [9.17, 15) is 8.78 Å². The highest BCUT2D eigenvalue weighted by molar-refractivity contribution is 7.98.